The summed E-state index contributed by atoms with van der Waals surface area (Å²) in [7, 11) is 0. The van der Waals surface area contributed by atoms with Gasteiger partial charge in [0.1, 0.15) is 0 Å². The summed E-state index contributed by atoms with van der Waals surface area (Å²) in [4.78, 5) is 19.4. The van der Waals surface area contributed by atoms with E-state index < -0.39 is 0 Å². The van der Waals surface area contributed by atoms with Crippen molar-refractivity contribution >= 4 is 23.0 Å². The lowest BCUT2D eigenvalue weighted by molar-refractivity contribution is 0.0981. The number of para-hydroxylation sites is 1. The first-order chi connectivity index (χ1) is 13.0. The minimum absolute atomic E-state index is 0.00966. The van der Waals surface area contributed by atoms with Gasteiger partial charge in [-0.1, -0.05) is 30.3 Å². The zero-order valence-corrected chi connectivity index (χ0v) is 15.9. The van der Waals surface area contributed by atoms with E-state index >= 15 is 0 Å². The molecule has 4 rings (SSSR count). The van der Waals surface area contributed by atoms with Crippen LogP contribution in [-0.2, 0) is 6.42 Å². The number of rotatable bonds is 3. The molecule has 2 aromatic carbocycles. The van der Waals surface area contributed by atoms with Gasteiger partial charge < -0.3 is 10.2 Å². The van der Waals surface area contributed by atoms with Crippen molar-refractivity contribution in [1.82, 2.24) is 4.98 Å². The smallest absolute Gasteiger partial charge is 0.260 e. The van der Waals surface area contributed by atoms with E-state index in [-0.39, 0.29) is 11.9 Å². The minimum atomic E-state index is -0.00966. The van der Waals surface area contributed by atoms with Crippen LogP contribution in [0.3, 0.4) is 0 Å². The number of nitrogens with one attached hydrogen (secondary N) is 1. The Morgan fingerprint density at radius 3 is 2.78 bits per heavy atom. The molecule has 0 aliphatic carbocycles. The molecule has 1 atom stereocenters. The molecular formula is C23H23N3O. The summed E-state index contributed by atoms with van der Waals surface area (Å²) in [6.45, 7) is 6.26. The second kappa shape index (κ2) is 6.88. The summed E-state index contributed by atoms with van der Waals surface area (Å²) in [6.07, 6.45) is 4.28. The number of amides is 1. The first-order valence-corrected chi connectivity index (χ1v) is 9.24. The number of fused-ring (bicyclic) bond motifs is 1. The first kappa shape index (κ1) is 17.3. The Bertz CT molecular complexity index is 1010. The van der Waals surface area contributed by atoms with E-state index in [1.807, 2.05) is 41.3 Å². The van der Waals surface area contributed by atoms with E-state index in [0.29, 0.717) is 5.56 Å². The number of anilines is 3. The maximum Gasteiger partial charge on any atom is 0.260 e. The molecule has 3 aromatic rings. The predicted octanol–water partition coefficient (Wildman–Crippen LogP) is 5.03. The molecule has 2 heterocycles. The van der Waals surface area contributed by atoms with E-state index in [1.54, 1.807) is 12.4 Å². The van der Waals surface area contributed by atoms with Crippen LogP contribution in [0.5, 0.6) is 0 Å². The number of hydrogen-bond acceptors (Lipinski definition) is 3. The number of aromatic nitrogens is 1. The van der Waals surface area contributed by atoms with Gasteiger partial charge in [0.05, 0.1) is 17.4 Å². The fourth-order valence-electron chi connectivity index (χ4n) is 3.68. The van der Waals surface area contributed by atoms with Crippen LogP contribution < -0.4 is 10.2 Å². The van der Waals surface area contributed by atoms with E-state index in [0.717, 1.165) is 23.5 Å². The van der Waals surface area contributed by atoms with Crippen LogP contribution in [0, 0.1) is 13.8 Å². The van der Waals surface area contributed by atoms with E-state index in [2.05, 4.69) is 43.2 Å². The largest absolute Gasteiger partial charge is 0.354 e. The fourth-order valence-corrected chi connectivity index (χ4v) is 3.68. The third kappa shape index (κ3) is 3.19. The lowest BCUT2D eigenvalue weighted by Crippen LogP contribution is -2.35. The van der Waals surface area contributed by atoms with Crippen LogP contribution in [0.25, 0.3) is 0 Å². The highest BCUT2D eigenvalue weighted by Crippen LogP contribution is 2.33. The van der Waals surface area contributed by atoms with Gasteiger partial charge in [-0.15, -0.1) is 0 Å². The van der Waals surface area contributed by atoms with Crippen molar-refractivity contribution in [2.45, 2.75) is 33.2 Å². The van der Waals surface area contributed by atoms with Gasteiger partial charge in [0.15, 0.2) is 0 Å². The van der Waals surface area contributed by atoms with Gasteiger partial charge in [0.25, 0.3) is 5.91 Å². The average Bonchev–Trinajstić information content (AvgIpc) is 3.01. The molecule has 0 radical (unpaired) electrons. The Labute approximate surface area is 159 Å². The SMILES string of the molecule is Cc1cccc(Nc2cncc(C(=O)N3c4ccccc4CC3C)c2)c1C. The standard InChI is InChI=1S/C23H23N3O/c1-15-7-6-9-21(17(15)3)25-20-12-19(13-24-14-20)23(27)26-16(2)11-18-8-4-5-10-22(18)26/h4-10,12-14,16,25H,11H2,1-3H3. The summed E-state index contributed by atoms with van der Waals surface area (Å²) in [6, 6.07) is 16.3. The lowest BCUT2D eigenvalue weighted by atomic mass is 10.1. The van der Waals surface area contributed by atoms with E-state index in [1.165, 1.54) is 16.7 Å². The van der Waals surface area contributed by atoms with Gasteiger partial charge in [-0.2, -0.15) is 0 Å². The molecule has 1 aliphatic rings. The van der Waals surface area contributed by atoms with Crippen LogP contribution in [0.4, 0.5) is 17.1 Å². The van der Waals surface area contributed by atoms with Crippen molar-refractivity contribution in [3.8, 4) is 0 Å². The summed E-state index contributed by atoms with van der Waals surface area (Å²) in [5, 5.41) is 3.40. The van der Waals surface area contributed by atoms with Gasteiger partial charge in [0, 0.05) is 23.6 Å². The Balaban J connectivity index is 1.63. The molecule has 0 bridgehead atoms. The third-order valence-corrected chi connectivity index (χ3v) is 5.29. The number of benzene rings is 2. The molecule has 4 heteroatoms. The first-order valence-electron chi connectivity index (χ1n) is 9.24. The predicted molar refractivity (Wildman–Crippen MR) is 110 cm³/mol. The maximum absolute atomic E-state index is 13.2. The zero-order chi connectivity index (χ0) is 19.0. The van der Waals surface area contributed by atoms with Crippen LogP contribution in [0.15, 0.2) is 60.9 Å². The van der Waals surface area contributed by atoms with Crippen molar-refractivity contribution in [3.63, 3.8) is 0 Å². The number of pyridine rings is 1. The average molecular weight is 357 g/mol. The normalized spacial score (nSPS) is 15.5. The van der Waals surface area contributed by atoms with Gasteiger partial charge >= 0.3 is 0 Å². The molecule has 27 heavy (non-hydrogen) atoms. The molecule has 0 spiro atoms. The molecule has 0 saturated heterocycles. The van der Waals surface area contributed by atoms with Gasteiger partial charge in [0.2, 0.25) is 0 Å². The van der Waals surface area contributed by atoms with Gasteiger partial charge in [-0.05, 0) is 62.1 Å². The summed E-state index contributed by atoms with van der Waals surface area (Å²) in [5.74, 6) is -0.00966. The highest BCUT2D eigenvalue weighted by atomic mass is 16.2. The molecule has 1 unspecified atom stereocenters. The topological polar surface area (TPSA) is 45.2 Å². The molecule has 136 valence electrons. The molecule has 0 saturated carbocycles. The highest BCUT2D eigenvalue weighted by molar-refractivity contribution is 6.08. The van der Waals surface area contributed by atoms with Crippen LogP contribution >= 0.6 is 0 Å². The summed E-state index contributed by atoms with van der Waals surface area (Å²) >= 11 is 0. The van der Waals surface area contributed by atoms with E-state index in [4.69, 9.17) is 0 Å². The Kier molecular flexibility index (Phi) is 4.40. The third-order valence-electron chi connectivity index (χ3n) is 5.29. The molecule has 1 aromatic heterocycles. The van der Waals surface area contributed by atoms with Crippen LogP contribution in [0.2, 0.25) is 0 Å². The molecule has 0 fully saturated rings. The molecule has 1 aliphatic heterocycles. The van der Waals surface area contributed by atoms with Crippen molar-refractivity contribution in [2.24, 2.45) is 0 Å². The Morgan fingerprint density at radius 2 is 1.93 bits per heavy atom. The summed E-state index contributed by atoms with van der Waals surface area (Å²) in [5.41, 5.74) is 7.07. The molecular weight excluding hydrogens is 334 g/mol. The quantitative estimate of drug-likeness (QED) is 0.715. The lowest BCUT2D eigenvalue weighted by Gasteiger charge is -2.23. The Morgan fingerprint density at radius 1 is 1.11 bits per heavy atom. The number of nitrogens with zero attached hydrogens (tertiary/aromatic N) is 2. The molecule has 1 amide bonds. The van der Waals surface area contributed by atoms with Crippen molar-refractivity contribution in [1.29, 1.82) is 0 Å². The van der Waals surface area contributed by atoms with Crippen molar-refractivity contribution < 1.29 is 4.79 Å². The number of aryl methyl sites for hydroxylation is 1. The molecule has 1 N–H and O–H groups in total. The second-order valence-electron chi connectivity index (χ2n) is 7.19. The summed E-state index contributed by atoms with van der Waals surface area (Å²) < 4.78 is 0. The van der Waals surface area contributed by atoms with Gasteiger partial charge in [-0.25, -0.2) is 0 Å². The number of carbonyl (C=O) groups is 1. The zero-order valence-electron chi connectivity index (χ0n) is 15.9. The maximum atomic E-state index is 13.2. The number of carbonyl (C=O) groups excluding carboxylic acids is 1. The van der Waals surface area contributed by atoms with Crippen molar-refractivity contribution in [3.05, 3.63) is 83.2 Å². The van der Waals surface area contributed by atoms with Crippen LogP contribution in [0.1, 0.15) is 34.0 Å². The highest BCUT2D eigenvalue weighted by Gasteiger charge is 2.31. The van der Waals surface area contributed by atoms with Crippen molar-refractivity contribution in [2.75, 3.05) is 10.2 Å². The second-order valence-corrected chi connectivity index (χ2v) is 7.19. The Hall–Kier alpha value is -3.14. The van der Waals surface area contributed by atoms with Crippen LogP contribution in [-0.4, -0.2) is 16.9 Å². The monoisotopic (exact) mass is 357 g/mol. The minimum Gasteiger partial charge on any atom is -0.354 e. The number of hydrogen-bond donors (Lipinski definition) is 1. The fraction of sp³-hybridized carbons (Fsp3) is 0.217. The molecule has 4 nitrogen and oxygen atoms in total. The van der Waals surface area contributed by atoms with Gasteiger partial charge in [-0.3, -0.25) is 9.78 Å². The van der Waals surface area contributed by atoms with E-state index in [9.17, 15) is 4.79 Å².